The van der Waals surface area contributed by atoms with Gasteiger partial charge in [0.05, 0.1) is 6.54 Å². The molecule has 3 rings (SSSR count). The molecule has 0 atom stereocenters. The van der Waals surface area contributed by atoms with Gasteiger partial charge in [0.15, 0.2) is 0 Å². The maximum Gasteiger partial charge on any atom is 0.203 e. The minimum atomic E-state index is 0.610. The Bertz CT molecular complexity index is 521. The van der Waals surface area contributed by atoms with E-state index in [2.05, 4.69) is 52.3 Å². The van der Waals surface area contributed by atoms with Crippen molar-refractivity contribution >= 4 is 5.95 Å². The number of rotatable bonds is 4. The fourth-order valence-electron chi connectivity index (χ4n) is 2.72. The highest BCUT2D eigenvalue weighted by Gasteiger charge is 2.16. The van der Waals surface area contributed by atoms with E-state index in [4.69, 9.17) is 0 Å². The monoisotopic (exact) mass is 255 g/mol. The largest absolute Gasteiger partial charge is 0.353 e. The molecule has 3 nitrogen and oxygen atoms in total. The summed E-state index contributed by atoms with van der Waals surface area (Å²) in [7, 11) is 0. The smallest absolute Gasteiger partial charge is 0.203 e. The minimum Gasteiger partial charge on any atom is -0.353 e. The van der Waals surface area contributed by atoms with Crippen LogP contribution in [0.25, 0.3) is 0 Å². The van der Waals surface area contributed by atoms with Crippen LogP contribution in [-0.4, -0.2) is 15.6 Å². The second-order valence-corrected chi connectivity index (χ2v) is 5.49. The van der Waals surface area contributed by atoms with Crippen LogP contribution in [0.2, 0.25) is 0 Å². The number of aryl methyl sites for hydroxylation is 1. The number of imidazole rings is 1. The van der Waals surface area contributed by atoms with Gasteiger partial charge in [-0.15, -0.1) is 0 Å². The lowest BCUT2D eigenvalue weighted by atomic mass is 10.1. The Morgan fingerprint density at radius 1 is 1.21 bits per heavy atom. The summed E-state index contributed by atoms with van der Waals surface area (Å²) in [4.78, 5) is 4.45. The van der Waals surface area contributed by atoms with Crippen LogP contribution in [0.15, 0.2) is 36.7 Å². The molecule has 1 fully saturated rings. The predicted molar refractivity (Wildman–Crippen MR) is 78.4 cm³/mol. The average molecular weight is 255 g/mol. The average Bonchev–Trinajstić information content (AvgIpc) is 3.06. The van der Waals surface area contributed by atoms with Crippen molar-refractivity contribution in [2.24, 2.45) is 0 Å². The lowest BCUT2D eigenvalue weighted by molar-refractivity contribution is 0.716. The number of nitrogens with zero attached hydrogens (tertiary/aromatic N) is 2. The third-order valence-corrected chi connectivity index (χ3v) is 3.88. The topological polar surface area (TPSA) is 29.9 Å². The number of hydrogen-bond acceptors (Lipinski definition) is 2. The van der Waals surface area contributed by atoms with Gasteiger partial charge in [0.1, 0.15) is 0 Å². The summed E-state index contributed by atoms with van der Waals surface area (Å²) in [5.41, 5.74) is 2.62. The lowest BCUT2D eigenvalue weighted by Gasteiger charge is -2.14. The van der Waals surface area contributed by atoms with E-state index in [9.17, 15) is 0 Å². The standard InChI is InChI=1S/C16H21N3/c1-13-6-8-14(9-7-13)12-19-11-10-17-16(19)18-15-4-2-3-5-15/h6-11,15H,2-5,12H2,1H3,(H,17,18). The summed E-state index contributed by atoms with van der Waals surface area (Å²) < 4.78 is 2.20. The minimum absolute atomic E-state index is 0.610. The first-order valence-corrected chi connectivity index (χ1v) is 7.14. The molecule has 2 aromatic rings. The maximum atomic E-state index is 4.45. The van der Waals surface area contributed by atoms with Gasteiger partial charge < -0.3 is 9.88 Å². The van der Waals surface area contributed by atoms with Crippen molar-refractivity contribution in [3.8, 4) is 0 Å². The van der Waals surface area contributed by atoms with Gasteiger partial charge in [-0.25, -0.2) is 4.98 Å². The van der Waals surface area contributed by atoms with Crippen LogP contribution in [0.5, 0.6) is 0 Å². The zero-order valence-corrected chi connectivity index (χ0v) is 11.5. The van der Waals surface area contributed by atoms with Crippen molar-refractivity contribution in [2.75, 3.05) is 5.32 Å². The van der Waals surface area contributed by atoms with Crippen molar-refractivity contribution in [3.63, 3.8) is 0 Å². The van der Waals surface area contributed by atoms with E-state index in [1.165, 1.54) is 36.8 Å². The van der Waals surface area contributed by atoms with Crippen LogP contribution >= 0.6 is 0 Å². The van der Waals surface area contributed by atoms with E-state index in [1.807, 2.05) is 6.20 Å². The Morgan fingerprint density at radius 2 is 1.95 bits per heavy atom. The Balaban J connectivity index is 1.70. The number of aromatic nitrogens is 2. The third kappa shape index (κ3) is 2.98. The molecular weight excluding hydrogens is 234 g/mol. The molecule has 1 aromatic carbocycles. The van der Waals surface area contributed by atoms with E-state index in [-0.39, 0.29) is 0 Å². The molecule has 0 bridgehead atoms. The van der Waals surface area contributed by atoms with Gasteiger partial charge in [0.25, 0.3) is 0 Å². The highest BCUT2D eigenvalue weighted by Crippen LogP contribution is 2.21. The van der Waals surface area contributed by atoms with Gasteiger partial charge in [0, 0.05) is 18.4 Å². The Morgan fingerprint density at radius 3 is 2.68 bits per heavy atom. The maximum absolute atomic E-state index is 4.45. The molecule has 1 aliphatic carbocycles. The molecule has 100 valence electrons. The van der Waals surface area contributed by atoms with Gasteiger partial charge in [-0.3, -0.25) is 0 Å². The van der Waals surface area contributed by atoms with Gasteiger partial charge in [0.2, 0.25) is 5.95 Å². The molecule has 1 aliphatic rings. The molecule has 1 aromatic heterocycles. The predicted octanol–water partition coefficient (Wildman–Crippen LogP) is 3.59. The number of nitrogens with one attached hydrogen (secondary N) is 1. The Labute approximate surface area is 114 Å². The summed E-state index contributed by atoms with van der Waals surface area (Å²) in [6.07, 6.45) is 9.17. The molecule has 3 heteroatoms. The molecule has 1 N–H and O–H groups in total. The van der Waals surface area contributed by atoms with Crippen molar-refractivity contribution in [3.05, 3.63) is 47.8 Å². The molecule has 0 amide bonds. The van der Waals surface area contributed by atoms with Crippen LogP contribution in [0, 0.1) is 6.92 Å². The second kappa shape index (κ2) is 5.47. The van der Waals surface area contributed by atoms with Gasteiger partial charge in [-0.1, -0.05) is 42.7 Å². The van der Waals surface area contributed by atoms with Gasteiger partial charge >= 0.3 is 0 Å². The Kier molecular flexibility index (Phi) is 3.53. The first-order valence-electron chi connectivity index (χ1n) is 7.14. The van der Waals surface area contributed by atoms with Crippen molar-refractivity contribution in [2.45, 2.75) is 45.2 Å². The van der Waals surface area contributed by atoms with Crippen LogP contribution < -0.4 is 5.32 Å². The first kappa shape index (κ1) is 12.3. The molecule has 0 radical (unpaired) electrons. The zero-order chi connectivity index (χ0) is 13.1. The summed E-state index contributed by atoms with van der Waals surface area (Å²) in [6.45, 7) is 3.00. The van der Waals surface area contributed by atoms with E-state index in [0.717, 1.165) is 12.5 Å². The molecule has 0 spiro atoms. The summed E-state index contributed by atoms with van der Waals surface area (Å²) in [5.74, 6) is 1.01. The van der Waals surface area contributed by atoms with Crippen molar-refractivity contribution < 1.29 is 0 Å². The molecule has 1 saturated carbocycles. The van der Waals surface area contributed by atoms with E-state index in [0.29, 0.717) is 6.04 Å². The fourth-order valence-corrected chi connectivity index (χ4v) is 2.72. The van der Waals surface area contributed by atoms with Crippen LogP contribution in [0.1, 0.15) is 36.8 Å². The van der Waals surface area contributed by atoms with Crippen LogP contribution in [-0.2, 0) is 6.54 Å². The number of hydrogen-bond donors (Lipinski definition) is 1. The summed E-state index contributed by atoms with van der Waals surface area (Å²) >= 11 is 0. The number of anilines is 1. The van der Waals surface area contributed by atoms with E-state index in [1.54, 1.807) is 0 Å². The van der Waals surface area contributed by atoms with Gasteiger partial charge in [-0.2, -0.15) is 0 Å². The molecule has 0 unspecified atom stereocenters. The molecule has 1 heterocycles. The third-order valence-electron chi connectivity index (χ3n) is 3.88. The van der Waals surface area contributed by atoms with Crippen molar-refractivity contribution in [1.29, 1.82) is 0 Å². The number of benzene rings is 1. The Hall–Kier alpha value is -1.77. The quantitative estimate of drug-likeness (QED) is 0.904. The SMILES string of the molecule is Cc1ccc(Cn2ccnc2NC2CCCC2)cc1. The summed E-state index contributed by atoms with van der Waals surface area (Å²) in [6, 6.07) is 9.31. The highest BCUT2D eigenvalue weighted by atomic mass is 15.2. The highest BCUT2D eigenvalue weighted by molar-refractivity contribution is 5.30. The lowest BCUT2D eigenvalue weighted by Crippen LogP contribution is -2.18. The van der Waals surface area contributed by atoms with Crippen LogP contribution in [0.4, 0.5) is 5.95 Å². The normalized spacial score (nSPS) is 15.8. The first-order chi connectivity index (χ1) is 9.31. The molecule has 0 aliphatic heterocycles. The van der Waals surface area contributed by atoms with Crippen LogP contribution in [0.3, 0.4) is 0 Å². The second-order valence-electron chi connectivity index (χ2n) is 5.49. The van der Waals surface area contributed by atoms with E-state index >= 15 is 0 Å². The molecular formula is C16H21N3. The van der Waals surface area contributed by atoms with Gasteiger partial charge in [-0.05, 0) is 25.3 Å². The summed E-state index contributed by atoms with van der Waals surface area (Å²) in [5, 5.41) is 3.57. The zero-order valence-electron chi connectivity index (χ0n) is 11.5. The fraction of sp³-hybridized carbons (Fsp3) is 0.438. The van der Waals surface area contributed by atoms with Crippen molar-refractivity contribution in [1.82, 2.24) is 9.55 Å². The molecule has 0 saturated heterocycles. The van der Waals surface area contributed by atoms with E-state index < -0.39 is 0 Å². The molecule has 19 heavy (non-hydrogen) atoms.